The van der Waals surface area contributed by atoms with Gasteiger partial charge < -0.3 is 20.3 Å². The van der Waals surface area contributed by atoms with Crippen LogP contribution < -0.4 is 10.5 Å². The molecule has 0 amide bonds. The molecule has 32 heavy (non-hydrogen) atoms. The molecule has 1 aromatic rings. The first-order valence-corrected chi connectivity index (χ1v) is 12.2. The van der Waals surface area contributed by atoms with E-state index in [0.717, 1.165) is 6.42 Å². The summed E-state index contributed by atoms with van der Waals surface area (Å²) in [5.41, 5.74) is 2.57. The van der Waals surface area contributed by atoms with Crippen molar-refractivity contribution < 1.29 is 27.6 Å². The topological polar surface area (TPSA) is 156 Å². The Morgan fingerprint density at radius 3 is 2.72 bits per heavy atom. The van der Waals surface area contributed by atoms with Gasteiger partial charge in [-0.2, -0.15) is 8.42 Å². The van der Waals surface area contributed by atoms with Crippen LogP contribution in [0.15, 0.2) is 34.3 Å². The van der Waals surface area contributed by atoms with Crippen molar-refractivity contribution >= 4 is 22.5 Å². The van der Waals surface area contributed by atoms with Crippen molar-refractivity contribution in [2.45, 2.75) is 56.1 Å². The number of ether oxygens (including phenoxy) is 1. The van der Waals surface area contributed by atoms with Gasteiger partial charge in [0.2, 0.25) is 0 Å². The summed E-state index contributed by atoms with van der Waals surface area (Å²) in [6.07, 6.45) is 1.71. The largest absolute Gasteiger partial charge is 0.390 e. The number of nitrogens with zero attached hydrogens (tertiary/aromatic N) is 2. The number of amidine groups is 1. The molecule has 176 valence electrons. The van der Waals surface area contributed by atoms with Crippen LogP contribution >= 0.6 is 0 Å². The molecule has 1 aromatic carbocycles. The molecule has 0 spiro atoms. The molecule has 5 N–H and O–H groups in total. The SMILES string of the molecule is CO[C@H]1Cc2ccccc2[C@H]1CC1N=CNC(C[C@@H]2C[C@H](COS(N)(=O)=O)[C@@H](O)[C@H]2O)=N1. The lowest BCUT2D eigenvalue weighted by Crippen LogP contribution is -2.35. The number of hydrogen-bond donors (Lipinski definition) is 4. The number of fused-ring (bicyclic) bond motifs is 1. The zero-order valence-corrected chi connectivity index (χ0v) is 18.7. The van der Waals surface area contributed by atoms with Crippen LogP contribution in [0.3, 0.4) is 0 Å². The van der Waals surface area contributed by atoms with Gasteiger partial charge in [0.05, 0.1) is 31.3 Å². The summed E-state index contributed by atoms with van der Waals surface area (Å²) in [4.78, 5) is 9.21. The number of nitrogens with one attached hydrogen (secondary N) is 1. The minimum atomic E-state index is -4.10. The first-order chi connectivity index (χ1) is 15.2. The van der Waals surface area contributed by atoms with Gasteiger partial charge in [0.1, 0.15) is 12.0 Å². The Hall–Kier alpha value is -1.89. The first-order valence-electron chi connectivity index (χ1n) is 10.7. The van der Waals surface area contributed by atoms with Gasteiger partial charge in [-0.05, 0) is 36.3 Å². The van der Waals surface area contributed by atoms with Gasteiger partial charge in [-0.3, -0.25) is 4.18 Å². The van der Waals surface area contributed by atoms with Crippen molar-refractivity contribution in [3.63, 3.8) is 0 Å². The lowest BCUT2D eigenvalue weighted by atomic mass is 9.94. The van der Waals surface area contributed by atoms with Crippen molar-refractivity contribution in [2.24, 2.45) is 27.0 Å². The minimum Gasteiger partial charge on any atom is -0.390 e. The van der Waals surface area contributed by atoms with Crippen LogP contribution in [0.1, 0.15) is 36.3 Å². The van der Waals surface area contributed by atoms with E-state index in [-0.39, 0.29) is 30.7 Å². The van der Waals surface area contributed by atoms with Gasteiger partial charge in [0.25, 0.3) is 0 Å². The van der Waals surface area contributed by atoms with Crippen molar-refractivity contribution in [1.82, 2.24) is 5.32 Å². The van der Waals surface area contributed by atoms with Crippen LogP contribution in [0.5, 0.6) is 0 Å². The van der Waals surface area contributed by atoms with E-state index in [1.54, 1.807) is 13.4 Å². The van der Waals surface area contributed by atoms with Crippen molar-refractivity contribution in [3.8, 4) is 0 Å². The highest BCUT2D eigenvalue weighted by Gasteiger charge is 2.42. The molecule has 1 saturated carbocycles. The number of hydrogen-bond acceptors (Lipinski definition) is 9. The fourth-order valence-electron chi connectivity index (χ4n) is 5.09. The molecule has 1 fully saturated rings. The monoisotopic (exact) mass is 466 g/mol. The predicted molar refractivity (Wildman–Crippen MR) is 118 cm³/mol. The standard InChI is InChI=1S/C21H30N4O6S/c1-30-17-7-12-4-2-3-5-15(12)16(17)9-19-24-11-23-18(25-19)8-13-6-14(21(27)20(13)26)10-31-32(22,28)29/h2-5,11,13-14,16-17,19-21,26-27H,6-10H2,1H3,(H2,22,28,29)(H,23,24,25)/t13-,14+,16+,17-,19?,20-,21+/m0/s1. The van der Waals surface area contributed by atoms with Crippen LogP contribution in [0, 0.1) is 11.8 Å². The van der Waals surface area contributed by atoms with E-state index in [9.17, 15) is 18.6 Å². The number of benzene rings is 1. The Morgan fingerprint density at radius 2 is 1.97 bits per heavy atom. The number of methoxy groups -OCH3 is 1. The van der Waals surface area contributed by atoms with Gasteiger partial charge >= 0.3 is 10.3 Å². The first kappa shape index (κ1) is 23.3. The van der Waals surface area contributed by atoms with E-state index in [0.29, 0.717) is 25.1 Å². The quantitative estimate of drug-likeness (QED) is 0.422. The van der Waals surface area contributed by atoms with Gasteiger partial charge in [0.15, 0.2) is 0 Å². The maximum Gasteiger partial charge on any atom is 0.333 e. The number of rotatable bonds is 8. The molecule has 0 bridgehead atoms. The zero-order valence-electron chi connectivity index (χ0n) is 17.9. The van der Waals surface area contributed by atoms with E-state index >= 15 is 0 Å². The van der Waals surface area contributed by atoms with Crippen LogP contribution in [-0.2, 0) is 25.6 Å². The Bertz CT molecular complexity index is 984. The lowest BCUT2D eigenvalue weighted by molar-refractivity contribution is -0.00242. The van der Waals surface area contributed by atoms with Crippen molar-refractivity contribution in [1.29, 1.82) is 0 Å². The highest BCUT2D eigenvalue weighted by Crippen LogP contribution is 2.39. The van der Waals surface area contributed by atoms with E-state index in [1.165, 1.54) is 11.1 Å². The summed E-state index contributed by atoms with van der Waals surface area (Å²) in [7, 11) is -2.37. The molecule has 7 atom stereocenters. The molecule has 1 heterocycles. The summed E-state index contributed by atoms with van der Waals surface area (Å²) in [5.74, 6) is 0.0467. The molecule has 1 aliphatic heterocycles. The average molecular weight is 467 g/mol. The maximum atomic E-state index is 11.0. The number of aliphatic hydroxyl groups is 2. The normalized spacial score (nSPS) is 34.2. The van der Waals surface area contributed by atoms with Crippen molar-refractivity contribution in [2.75, 3.05) is 13.7 Å². The second-order valence-corrected chi connectivity index (χ2v) is 9.94. The van der Waals surface area contributed by atoms with E-state index < -0.39 is 28.4 Å². The number of aliphatic imine (C=N–C) groups is 2. The lowest BCUT2D eigenvalue weighted by Gasteiger charge is -2.24. The molecule has 0 aromatic heterocycles. The fraction of sp³-hybridized carbons (Fsp3) is 0.619. The molecular formula is C21H30N4O6S. The van der Waals surface area contributed by atoms with Crippen LogP contribution in [0.25, 0.3) is 0 Å². The minimum absolute atomic E-state index is 0.0857. The third kappa shape index (κ3) is 5.19. The number of nitrogens with two attached hydrogens (primary N) is 1. The Morgan fingerprint density at radius 1 is 1.22 bits per heavy atom. The summed E-state index contributed by atoms with van der Waals surface area (Å²) in [6.45, 7) is -0.267. The zero-order chi connectivity index (χ0) is 22.9. The van der Waals surface area contributed by atoms with E-state index in [1.807, 2.05) is 12.1 Å². The highest BCUT2D eigenvalue weighted by molar-refractivity contribution is 7.84. The molecule has 2 aliphatic carbocycles. The summed E-state index contributed by atoms with van der Waals surface area (Å²) in [6, 6.07) is 8.33. The molecule has 0 saturated heterocycles. The van der Waals surface area contributed by atoms with Gasteiger partial charge in [0, 0.05) is 25.4 Å². The second kappa shape index (κ2) is 9.54. The summed E-state index contributed by atoms with van der Waals surface area (Å²) in [5, 5.41) is 28.6. The predicted octanol–water partition coefficient (Wildman–Crippen LogP) is 0.0556. The van der Waals surface area contributed by atoms with Crippen LogP contribution in [-0.4, -0.2) is 69.0 Å². The van der Waals surface area contributed by atoms with E-state index in [2.05, 4.69) is 26.6 Å². The Balaban J connectivity index is 1.40. The van der Waals surface area contributed by atoms with Gasteiger partial charge in [-0.15, -0.1) is 0 Å². The number of aliphatic hydroxyl groups excluding tert-OH is 2. The summed E-state index contributed by atoms with van der Waals surface area (Å²) < 4.78 is 32.4. The smallest absolute Gasteiger partial charge is 0.333 e. The van der Waals surface area contributed by atoms with Crippen LogP contribution in [0.4, 0.5) is 0 Å². The highest BCUT2D eigenvalue weighted by atomic mass is 32.2. The molecule has 4 rings (SSSR count). The van der Waals surface area contributed by atoms with Gasteiger partial charge in [-0.1, -0.05) is 24.3 Å². The average Bonchev–Trinajstić information content (AvgIpc) is 3.24. The molecule has 10 nitrogen and oxygen atoms in total. The molecule has 3 aliphatic rings. The third-order valence-corrected chi connectivity index (χ3v) is 7.16. The van der Waals surface area contributed by atoms with Gasteiger partial charge in [-0.25, -0.2) is 15.1 Å². The molecule has 1 unspecified atom stereocenters. The maximum absolute atomic E-state index is 11.0. The summed E-state index contributed by atoms with van der Waals surface area (Å²) >= 11 is 0. The van der Waals surface area contributed by atoms with Crippen LogP contribution in [0.2, 0.25) is 0 Å². The van der Waals surface area contributed by atoms with Crippen molar-refractivity contribution in [3.05, 3.63) is 35.4 Å². The molecule has 0 radical (unpaired) electrons. The second-order valence-electron chi connectivity index (χ2n) is 8.72. The Kier molecular flexibility index (Phi) is 6.94. The van der Waals surface area contributed by atoms with E-state index in [4.69, 9.17) is 14.9 Å². The fourth-order valence-corrected chi connectivity index (χ4v) is 5.46. The Labute approximate surface area is 187 Å². The molecule has 11 heteroatoms. The third-order valence-electron chi connectivity index (χ3n) is 6.70. The molecular weight excluding hydrogens is 436 g/mol.